The van der Waals surface area contributed by atoms with Crippen molar-refractivity contribution in [3.8, 4) is 0 Å². The van der Waals surface area contributed by atoms with Gasteiger partial charge in [-0.2, -0.15) is 0 Å². The van der Waals surface area contributed by atoms with Crippen molar-refractivity contribution in [3.05, 3.63) is 16.5 Å². The summed E-state index contributed by atoms with van der Waals surface area (Å²) in [5, 5.41) is 3.78. The minimum Gasteiger partial charge on any atom is -0.368 e. The molecule has 0 unspecified atom stereocenters. The van der Waals surface area contributed by atoms with Gasteiger partial charge in [0, 0.05) is 6.54 Å². The summed E-state index contributed by atoms with van der Waals surface area (Å²) in [6.07, 6.45) is 8.20. The zero-order valence-electron chi connectivity index (χ0n) is 11.3. The molecule has 0 aromatic carbocycles. The highest BCUT2D eigenvalue weighted by Gasteiger charge is 2.14. The SMILES string of the molecule is Cc1nc(Cl)c(NCCCC2CCCC2)nc1C. The van der Waals surface area contributed by atoms with E-state index >= 15 is 0 Å². The van der Waals surface area contributed by atoms with Crippen LogP contribution < -0.4 is 5.32 Å². The molecule has 100 valence electrons. The molecular formula is C14H22ClN3. The number of hydrogen-bond donors (Lipinski definition) is 1. The van der Waals surface area contributed by atoms with Crippen LogP contribution in [0.2, 0.25) is 5.15 Å². The van der Waals surface area contributed by atoms with Crippen LogP contribution in [0.5, 0.6) is 0 Å². The zero-order chi connectivity index (χ0) is 13.0. The second-order valence-corrected chi connectivity index (χ2v) is 5.61. The zero-order valence-corrected chi connectivity index (χ0v) is 12.1. The van der Waals surface area contributed by atoms with Crippen molar-refractivity contribution < 1.29 is 0 Å². The van der Waals surface area contributed by atoms with E-state index in [0.717, 1.165) is 29.7 Å². The molecule has 0 radical (unpaired) electrons. The predicted octanol–water partition coefficient (Wildman–Crippen LogP) is 4.13. The van der Waals surface area contributed by atoms with Crippen LogP contribution in [-0.4, -0.2) is 16.5 Å². The maximum absolute atomic E-state index is 6.07. The predicted molar refractivity (Wildman–Crippen MR) is 76.2 cm³/mol. The Balaban J connectivity index is 1.77. The fourth-order valence-corrected chi connectivity index (χ4v) is 2.82. The van der Waals surface area contributed by atoms with Crippen LogP contribution >= 0.6 is 11.6 Å². The minimum absolute atomic E-state index is 0.485. The molecule has 1 fully saturated rings. The lowest BCUT2D eigenvalue weighted by atomic mass is 10.0. The standard InChI is InChI=1S/C14H22ClN3/c1-10-11(2)18-14(13(15)17-10)16-9-5-8-12-6-3-4-7-12/h12H,3-9H2,1-2H3,(H,16,18). The summed E-state index contributed by atoms with van der Waals surface area (Å²) >= 11 is 6.07. The molecule has 4 heteroatoms. The first-order chi connectivity index (χ1) is 8.66. The lowest BCUT2D eigenvalue weighted by Gasteiger charge is -2.11. The van der Waals surface area contributed by atoms with Crippen molar-refractivity contribution >= 4 is 17.4 Å². The van der Waals surface area contributed by atoms with Crippen molar-refractivity contribution in [2.24, 2.45) is 5.92 Å². The molecule has 1 aliphatic rings. The molecule has 1 aliphatic carbocycles. The fraction of sp³-hybridized carbons (Fsp3) is 0.714. The van der Waals surface area contributed by atoms with E-state index in [9.17, 15) is 0 Å². The molecule has 0 saturated heterocycles. The number of nitrogens with zero attached hydrogens (tertiary/aromatic N) is 2. The third-order valence-electron chi connectivity index (χ3n) is 3.82. The van der Waals surface area contributed by atoms with Crippen molar-refractivity contribution in [3.63, 3.8) is 0 Å². The fourth-order valence-electron chi connectivity index (χ4n) is 2.58. The second-order valence-electron chi connectivity index (χ2n) is 5.25. The topological polar surface area (TPSA) is 37.8 Å². The van der Waals surface area contributed by atoms with Crippen LogP contribution in [-0.2, 0) is 0 Å². The van der Waals surface area contributed by atoms with Gasteiger partial charge in [0.2, 0.25) is 0 Å². The van der Waals surface area contributed by atoms with Gasteiger partial charge >= 0.3 is 0 Å². The van der Waals surface area contributed by atoms with Gasteiger partial charge in [-0.1, -0.05) is 37.3 Å². The molecule has 18 heavy (non-hydrogen) atoms. The van der Waals surface area contributed by atoms with Crippen LogP contribution in [0, 0.1) is 19.8 Å². The van der Waals surface area contributed by atoms with E-state index in [0.29, 0.717) is 5.15 Å². The quantitative estimate of drug-likeness (QED) is 0.815. The Kier molecular flexibility index (Phi) is 4.81. The Hall–Kier alpha value is -0.830. The van der Waals surface area contributed by atoms with E-state index in [1.54, 1.807) is 0 Å². The first-order valence-electron chi connectivity index (χ1n) is 6.91. The summed E-state index contributed by atoms with van der Waals surface area (Å²) in [7, 11) is 0. The van der Waals surface area contributed by atoms with Crippen molar-refractivity contribution in [1.82, 2.24) is 9.97 Å². The molecule has 1 heterocycles. The molecule has 0 aliphatic heterocycles. The monoisotopic (exact) mass is 267 g/mol. The third kappa shape index (κ3) is 3.58. The molecule has 0 spiro atoms. The third-order valence-corrected chi connectivity index (χ3v) is 4.08. The lowest BCUT2D eigenvalue weighted by molar-refractivity contribution is 0.491. The van der Waals surface area contributed by atoms with Crippen molar-refractivity contribution in [1.29, 1.82) is 0 Å². The van der Waals surface area contributed by atoms with Gasteiger partial charge in [-0.3, -0.25) is 0 Å². The molecule has 1 N–H and O–H groups in total. The van der Waals surface area contributed by atoms with Gasteiger partial charge < -0.3 is 5.32 Å². The highest BCUT2D eigenvalue weighted by atomic mass is 35.5. The number of halogens is 1. The molecule has 0 atom stereocenters. The van der Waals surface area contributed by atoms with Gasteiger partial charge in [0.15, 0.2) is 11.0 Å². The van der Waals surface area contributed by atoms with E-state index in [-0.39, 0.29) is 0 Å². The van der Waals surface area contributed by atoms with Crippen molar-refractivity contribution in [2.45, 2.75) is 52.4 Å². The Bertz CT molecular complexity index is 400. The van der Waals surface area contributed by atoms with Gasteiger partial charge in [0.25, 0.3) is 0 Å². The highest BCUT2D eigenvalue weighted by Crippen LogP contribution is 2.28. The first-order valence-corrected chi connectivity index (χ1v) is 7.29. The number of aromatic nitrogens is 2. The molecule has 3 nitrogen and oxygen atoms in total. The van der Waals surface area contributed by atoms with Crippen LogP contribution in [0.1, 0.15) is 49.9 Å². The van der Waals surface area contributed by atoms with Crippen molar-refractivity contribution in [2.75, 3.05) is 11.9 Å². The number of nitrogens with one attached hydrogen (secondary N) is 1. The van der Waals surface area contributed by atoms with E-state index in [4.69, 9.17) is 11.6 Å². The molecular weight excluding hydrogens is 246 g/mol. The van der Waals surface area contributed by atoms with E-state index in [1.807, 2.05) is 13.8 Å². The lowest BCUT2D eigenvalue weighted by Crippen LogP contribution is -2.08. The van der Waals surface area contributed by atoms with Gasteiger partial charge in [-0.05, 0) is 32.6 Å². The molecule has 1 aromatic rings. The largest absolute Gasteiger partial charge is 0.368 e. The molecule has 0 amide bonds. The van der Waals surface area contributed by atoms with E-state index in [1.165, 1.54) is 38.5 Å². The summed E-state index contributed by atoms with van der Waals surface area (Å²) in [4.78, 5) is 8.71. The maximum Gasteiger partial charge on any atom is 0.171 e. The van der Waals surface area contributed by atoms with Gasteiger partial charge in [-0.15, -0.1) is 0 Å². The summed E-state index contributed by atoms with van der Waals surface area (Å²) in [6.45, 7) is 4.83. The number of aryl methyl sites for hydroxylation is 2. The normalized spacial score (nSPS) is 16.2. The first kappa shape index (κ1) is 13.6. The average molecular weight is 268 g/mol. The summed E-state index contributed by atoms with van der Waals surface area (Å²) in [5.41, 5.74) is 1.84. The number of rotatable bonds is 5. The van der Waals surface area contributed by atoms with Crippen LogP contribution in [0.4, 0.5) is 5.82 Å². The Labute approximate surface area is 114 Å². The van der Waals surface area contributed by atoms with Crippen LogP contribution in [0.3, 0.4) is 0 Å². The maximum atomic E-state index is 6.07. The summed E-state index contributed by atoms with van der Waals surface area (Å²) < 4.78 is 0. The Morgan fingerprint density at radius 1 is 1.17 bits per heavy atom. The van der Waals surface area contributed by atoms with Crippen LogP contribution in [0.25, 0.3) is 0 Å². The molecule has 0 bridgehead atoms. The van der Waals surface area contributed by atoms with E-state index < -0.39 is 0 Å². The highest BCUT2D eigenvalue weighted by molar-refractivity contribution is 6.31. The van der Waals surface area contributed by atoms with Gasteiger partial charge in [-0.25, -0.2) is 9.97 Å². The van der Waals surface area contributed by atoms with Gasteiger partial charge in [0.1, 0.15) is 0 Å². The molecule has 1 aromatic heterocycles. The summed E-state index contributed by atoms with van der Waals surface area (Å²) in [5.74, 6) is 1.68. The van der Waals surface area contributed by atoms with E-state index in [2.05, 4.69) is 15.3 Å². The summed E-state index contributed by atoms with van der Waals surface area (Å²) in [6, 6.07) is 0. The Morgan fingerprint density at radius 3 is 2.56 bits per heavy atom. The van der Waals surface area contributed by atoms with Crippen LogP contribution in [0.15, 0.2) is 0 Å². The molecule has 2 rings (SSSR count). The smallest absolute Gasteiger partial charge is 0.171 e. The molecule has 1 saturated carbocycles. The van der Waals surface area contributed by atoms with Gasteiger partial charge in [0.05, 0.1) is 11.4 Å². The number of hydrogen-bond acceptors (Lipinski definition) is 3. The average Bonchev–Trinajstić information content (AvgIpc) is 2.84. The second kappa shape index (κ2) is 6.37. The minimum atomic E-state index is 0.485. The number of anilines is 1. The Morgan fingerprint density at radius 2 is 1.83 bits per heavy atom.